The second-order valence-electron chi connectivity index (χ2n) is 5.70. The summed E-state index contributed by atoms with van der Waals surface area (Å²) >= 11 is 5.95. The van der Waals surface area contributed by atoms with Crippen LogP contribution in [0.4, 0.5) is 5.69 Å². The van der Waals surface area contributed by atoms with Gasteiger partial charge in [-0.15, -0.1) is 0 Å². The predicted octanol–water partition coefficient (Wildman–Crippen LogP) is 3.43. The highest BCUT2D eigenvalue weighted by Crippen LogP contribution is 2.28. The largest absolute Gasteiger partial charge is 0.495 e. The molecule has 0 radical (unpaired) electrons. The number of halogens is 1. The third kappa shape index (κ3) is 4.64. The Balaban J connectivity index is 2.14. The Labute approximate surface area is 141 Å². The van der Waals surface area contributed by atoms with Gasteiger partial charge in [0.05, 0.1) is 12.8 Å². The molecule has 1 saturated heterocycles. The minimum absolute atomic E-state index is 0.0705. The number of hydrogen-bond acceptors (Lipinski definition) is 4. The summed E-state index contributed by atoms with van der Waals surface area (Å²) in [6.07, 6.45) is 3.89. The van der Waals surface area contributed by atoms with E-state index in [4.69, 9.17) is 16.3 Å². The van der Waals surface area contributed by atoms with Crippen molar-refractivity contribution in [1.29, 1.82) is 5.26 Å². The van der Waals surface area contributed by atoms with E-state index in [1.165, 1.54) is 13.5 Å². The molecule has 1 atom stereocenters. The van der Waals surface area contributed by atoms with E-state index in [2.05, 4.69) is 12.2 Å². The number of carbonyl (C=O) groups excluding carboxylic acids is 1. The van der Waals surface area contributed by atoms with Crippen LogP contribution >= 0.6 is 11.6 Å². The van der Waals surface area contributed by atoms with Crippen molar-refractivity contribution < 1.29 is 9.53 Å². The van der Waals surface area contributed by atoms with E-state index in [0.717, 1.165) is 19.5 Å². The van der Waals surface area contributed by atoms with Gasteiger partial charge in [0.1, 0.15) is 17.4 Å². The number of anilines is 1. The lowest BCUT2D eigenvalue weighted by atomic mass is 10.0. The minimum atomic E-state index is -0.466. The summed E-state index contributed by atoms with van der Waals surface area (Å²) in [5.74, 6) is 0.592. The Morgan fingerprint density at radius 1 is 1.57 bits per heavy atom. The fourth-order valence-electron chi connectivity index (χ4n) is 2.63. The summed E-state index contributed by atoms with van der Waals surface area (Å²) in [6, 6.07) is 6.90. The number of rotatable bonds is 4. The van der Waals surface area contributed by atoms with Crippen molar-refractivity contribution in [1.82, 2.24) is 4.90 Å². The molecule has 0 aromatic heterocycles. The molecule has 1 heterocycles. The standard InChI is InChI=1S/C17H20ClN3O2/c1-12-4-3-7-21(10-12)11-13(9-19)17(22)20-15-8-14(18)5-6-16(15)23-2/h5-6,8,11-12H,3-4,7,10H2,1-2H3,(H,20,22)/b13-11-. The summed E-state index contributed by atoms with van der Waals surface area (Å²) in [7, 11) is 1.51. The molecular weight excluding hydrogens is 314 g/mol. The highest BCUT2D eigenvalue weighted by molar-refractivity contribution is 6.31. The lowest BCUT2D eigenvalue weighted by Gasteiger charge is -2.29. The van der Waals surface area contributed by atoms with Crippen LogP contribution < -0.4 is 10.1 Å². The fourth-order valence-corrected chi connectivity index (χ4v) is 2.80. The molecular formula is C17H20ClN3O2. The van der Waals surface area contributed by atoms with Gasteiger partial charge >= 0.3 is 0 Å². The smallest absolute Gasteiger partial charge is 0.267 e. The molecule has 0 aliphatic carbocycles. The van der Waals surface area contributed by atoms with Gasteiger partial charge in [-0.25, -0.2) is 0 Å². The van der Waals surface area contributed by atoms with Gasteiger partial charge < -0.3 is 15.0 Å². The third-order valence-electron chi connectivity index (χ3n) is 3.77. The molecule has 1 aromatic rings. The topological polar surface area (TPSA) is 65.4 Å². The van der Waals surface area contributed by atoms with Crippen molar-refractivity contribution in [3.05, 3.63) is 35.0 Å². The van der Waals surface area contributed by atoms with Gasteiger partial charge in [0, 0.05) is 24.3 Å². The molecule has 5 nitrogen and oxygen atoms in total. The maximum absolute atomic E-state index is 12.4. The number of nitriles is 1. The number of carbonyl (C=O) groups is 1. The first-order chi connectivity index (χ1) is 11.0. The minimum Gasteiger partial charge on any atom is -0.495 e. The Bertz CT molecular complexity index is 652. The van der Waals surface area contributed by atoms with Gasteiger partial charge in [0.25, 0.3) is 5.91 Å². The van der Waals surface area contributed by atoms with Crippen LogP contribution in [-0.2, 0) is 4.79 Å². The predicted molar refractivity (Wildman–Crippen MR) is 90.3 cm³/mol. The molecule has 2 rings (SSSR count). The molecule has 0 saturated carbocycles. The van der Waals surface area contributed by atoms with Crippen molar-refractivity contribution >= 4 is 23.2 Å². The molecule has 1 N–H and O–H groups in total. The van der Waals surface area contributed by atoms with E-state index < -0.39 is 5.91 Å². The zero-order valence-electron chi connectivity index (χ0n) is 13.3. The number of likely N-dealkylation sites (tertiary alicyclic amines) is 1. The van der Waals surface area contributed by atoms with Gasteiger partial charge in [-0.1, -0.05) is 18.5 Å². The number of amides is 1. The van der Waals surface area contributed by atoms with E-state index >= 15 is 0 Å². The number of benzene rings is 1. The third-order valence-corrected chi connectivity index (χ3v) is 4.01. The lowest BCUT2D eigenvalue weighted by Crippen LogP contribution is -2.31. The van der Waals surface area contributed by atoms with Crippen LogP contribution in [0.2, 0.25) is 5.02 Å². The van der Waals surface area contributed by atoms with Crippen molar-refractivity contribution in [2.45, 2.75) is 19.8 Å². The molecule has 1 aliphatic rings. The van der Waals surface area contributed by atoms with Crippen molar-refractivity contribution in [3.8, 4) is 11.8 Å². The zero-order valence-corrected chi connectivity index (χ0v) is 14.1. The fraction of sp³-hybridized carbons (Fsp3) is 0.412. The molecule has 0 bridgehead atoms. The number of hydrogen-bond donors (Lipinski definition) is 1. The first kappa shape index (κ1) is 17.2. The van der Waals surface area contributed by atoms with Crippen LogP contribution in [0.5, 0.6) is 5.75 Å². The van der Waals surface area contributed by atoms with E-state index in [9.17, 15) is 10.1 Å². The van der Waals surface area contributed by atoms with Gasteiger partial charge in [-0.3, -0.25) is 4.79 Å². The highest BCUT2D eigenvalue weighted by Gasteiger charge is 2.18. The Morgan fingerprint density at radius 2 is 2.35 bits per heavy atom. The number of piperidine rings is 1. The van der Waals surface area contributed by atoms with Crippen LogP contribution in [0, 0.1) is 17.2 Å². The van der Waals surface area contributed by atoms with Crippen LogP contribution in [-0.4, -0.2) is 31.0 Å². The first-order valence-corrected chi connectivity index (χ1v) is 7.92. The van der Waals surface area contributed by atoms with E-state index in [-0.39, 0.29) is 5.57 Å². The quantitative estimate of drug-likeness (QED) is 0.677. The number of ether oxygens (including phenoxy) is 1. The molecule has 1 unspecified atom stereocenters. The van der Waals surface area contributed by atoms with Gasteiger partial charge in [-0.2, -0.15) is 5.26 Å². The van der Waals surface area contributed by atoms with Gasteiger partial charge in [0.15, 0.2) is 0 Å². The van der Waals surface area contributed by atoms with Crippen LogP contribution in [0.15, 0.2) is 30.0 Å². The van der Waals surface area contributed by atoms with E-state index in [1.807, 2.05) is 11.0 Å². The van der Waals surface area contributed by atoms with Gasteiger partial charge in [0.2, 0.25) is 0 Å². The second kappa shape index (κ2) is 7.89. The normalized spacial score (nSPS) is 18.3. The molecule has 23 heavy (non-hydrogen) atoms. The summed E-state index contributed by atoms with van der Waals surface area (Å²) < 4.78 is 5.19. The highest BCUT2D eigenvalue weighted by atomic mass is 35.5. The molecule has 1 fully saturated rings. The van der Waals surface area contributed by atoms with Crippen LogP contribution in [0.25, 0.3) is 0 Å². The lowest BCUT2D eigenvalue weighted by molar-refractivity contribution is -0.112. The Hall–Kier alpha value is -2.19. The van der Waals surface area contributed by atoms with Crippen molar-refractivity contribution in [2.24, 2.45) is 5.92 Å². The second-order valence-corrected chi connectivity index (χ2v) is 6.13. The molecule has 0 spiro atoms. The maximum atomic E-state index is 12.4. The Kier molecular flexibility index (Phi) is 5.89. The van der Waals surface area contributed by atoms with Crippen molar-refractivity contribution in [3.63, 3.8) is 0 Å². The monoisotopic (exact) mass is 333 g/mol. The van der Waals surface area contributed by atoms with Gasteiger partial charge in [-0.05, 0) is 37.0 Å². The molecule has 1 amide bonds. The summed E-state index contributed by atoms with van der Waals surface area (Å²) in [5.41, 5.74) is 0.513. The van der Waals surface area contributed by atoms with E-state index in [0.29, 0.717) is 22.4 Å². The van der Waals surface area contributed by atoms with E-state index in [1.54, 1.807) is 24.4 Å². The number of methoxy groups -OCH3 is 1. The number of nitrogens with one attached hydrogen (secondary N) is 1. The molecule has 1 aromatic carbocycles. The molecule has 1 aliphatic heterocycles. The SMILES string of the molecule is COc1ccc(Cl)cc1NC(=O)/C(C#N)=C\N1CCCC(C)C1. The Morgan fingerprint density at radius 3 is 3.00 bits per heavy atom. The summed E-state index contributed by atoms with van der Waals surface area (Å²) in [4.78, 5) is 14.4. The zero-order chi connectivity index (χ0) is 16.8. The summed E-state index contributed by atoms with van der Waals surface area (Å²) in [6.45, 7) is 3.89. The molecule has 122 valence electrons. The number of nitrogens with zero attached hydrogens (tertiary/aromatic N) is 2. The van der Waals surface area contributed by atoms with Crippen molar-refractivity contribution in [2.75, 3.05) is 25.5 Å². The maximum Gasteiger partial charge on any atom is 0.267 e. The first-order valence-electron chi connectivity index (χ1n) is 7.54. The average molecular weight is 334 g/mol. The molecule has 6 heteroatoms. The average Bonchev–Trinajstić information content (AvgIpc) is 2.53. The van der Waals surface area contributed by atoms with Crippen LogP contribution in [0.3, 0.4) is 0 Å². The van der Waals surface area contributed by atoms with Crippen LogP contribution in [0.1, 0.15) is 19.8 Å². The summed E-state index contributed by atoms with van der Waals surface area (Å²) in [5, 5.41) is 12.5.